The molecule has 8 nitrogen and oxygen atoms in total. The minimum Gasteiger partial charge on any atom is -0.319 e. The van der Waals surface area contributed by atoms with Crippen molar-refractivity contribution in [3.8, 4) is 5.82 Å². The summed E-state index contributed by atoms with van der Waals surface area (Å²) >= 11 is 0. The first kappa shape index (κ1) is 15.3. The lowest BCUT2D eigenvalue weighted by molar-refractivity contribution is -0.385. The molecule has 2 heterocycles. The van der Waals surface area contributed by atoms with E-state index in [1.165, 1.54) is 16.8 Å². The Labute approximate surface area is 136 Å². The number of nitro benzene ring substituents is 1. The molecule has 120 valence electrons. The highest BCUT2D eigenvalue weighted by Crippen LogP contribution is 2.23. The SMILES string of the molecule is Cc1c(C(=O)Nc2cccnc2-n2cccn2)cccc1[N+](=O)[O-]. The second kappa shape index (κ2) is 6.29. The topological polar surface area (TPSA) is 103 Å². The van der Waals surface area contributed by atoms with Crippen molar-refractivity contribution in [3.05, 3.63) is 76.2 Å². The molecule has 0 aliphatic heterocycles. The third-order valence-corrected chi connectivity index (χ3v) is 3.50. The van der Waals surface area contributed by atoms with E-state index in [1.807, 2.05) is 0 Å². The number of amides is 1. The van der Waals surface area contributed by atoms with Gasteiger partial charge in [0, 0.05) is 35.8 Å². The Kier molecular flexibility index (Phi) is 4.02. The quantitative estimate of drug-likeness (QED) is 0.587. The van der Waals surface area contributed by atoms with Gasteiger partial charge in [-0.05, 0) is 31.2 Å². The first-order valence-electron chi connectivity index (χ1n) is 7.08. The van der Waals surface area contributed by atoms with Crippen LogP contribution >= 0.6 is 0 Å². The Morgan fingerprint density at radius 3 is 2.75 bits per heavy atom. The summed E-state index contributed by atoms with van der Waals surface area (Å²) in [6, 6.07) is 9.51. The monoisotopic (exact) mass is 323 g/mol. The number of benzene rings is 1. The van der Waals surface area contributed by atoms with Crippen molar-refractivity contribution in [2.45, 2.75) is 6.92 Å². The van der Waals surface area contributed by atoms with Crippen LogP contribution in [0.4, 0.5) is 11.4 Å². The van der Waals surface area contributed by atoms with E-state index in [2.05, 4.69) is 15.4 Å². The van der Waals surface area contributed by atoms with E-state index in [0.29, 0.717) is 17.1 Å². The van der Waals surface area contributed by atoms with Crippen LogP contribution in [-0.2, 0) is 0 Å². The largest absolute Gasteiger partial charge is 0.319 e. The molecule has 0 aliphatic rings. The fraction of sp³-hybridized carbons (Fsp3) is 0.0625. The zero-order valence-corrected chi connectivity index (χ0v) is 12.7. The molecule has 0 spiro atoms. The van der Waals surface area contributed by atoms with E-state index in [4.69, 9.17) is 0 Å². The van der Waals surface area contributed by atoms with E-state index in [9.17, 15) is 14.9 Å². The van der Waals surface area contributed by atoms with E-state index < -0.39 is 10.8 Å². The van der Waals surface area contributed by atoms with Crippen LogP contribution in [0.25, 0.3) is 5.82 Å². The summed E-state index contributed by atoms with van der Waals surface area (Å²) in [5.41, 5.74) is 0.905. The van der Waals surface area contributed by atoms with Crippen LogP contribution in [0.3, 0.4) is 0 Å². The van der Waals surface area contributed by atoms with Crippen LogP contribution in [0.15, 0.2) is 55.0 Å². The number of nitrogens with zero attached hydrogens (tertiary/aromatic N) is 4. The maximum atomic E-state index is 12.5. The second-order valence-corrected chi connectivity index (χ2v) is 4.99. The van der Waals surface area contributed by atoms with Crippen molar-refractivity contribution in [3.63, 3.8) is 0 Å². The fourth-order valence-electron chi connectivity index (χ4n) is 2.33. The normalized spacial score (nSPS) is 10.4. The Balaban J connectivity index is 1.95. The van der Waals surface area contributed by atoms with E-state index >= 15 is 0 Å². The molecule has 0 unspecified atom stereocenters. The molecule has 0 bridgehead atoms. The van der Waals surface area contributed by atoms with Gasteiger partial charge in [0.1, 0.15) is 0 Å². The third kappa shape index (κ3) is 2.84. The minimum absolute atomic E-state index is 0.0962. The summed E-state index contributed by atoms with van der Waals surface area (Å²) in [5, 5.41) is 17.8. The maximum absolute atomic E-state index is 12.5. The molecule has 1 N–H and O–H groups in total. The van der Waals surface area contributed by atoms with Gasteiger partial charge in [-0.15, -0.1) is 0 Å². The van der Waals surface area contributed by atoms with Crippen molar-refractivity contribution < 1.29 is 9.72 Å². The van der Waals surface area contributed by atoms with Crippen LogP contribution in [-0.4, -0.2) is 25.6 Å². The molecule has 2 aromatic heterocycles. The van der Waals surface area contributed by atoms with Gasteiger partial charge in [-0.3, -0.25) is 14.9 Å². The third-order valence-electron chi connectivity index (χ3n) is 3.50. The van der Waals surface area contributed by atoms with Gasteiger partial charge in [0.15, 0.2) is 5.82 Å². The van der Waals surface area contributed by atoms with E-state index in [1.54, 1.807) is 49.8 Å². The van der Waals surface area contributed by atoms with Crippen molar-refractivity contribution >= 4 is 17.3 Å². The molecule has 1 amide bonds. The summed E-state index contributed by atoms with van der Waals surface area (Å²) in [4.78, 5) is 27.3. The Bertz CT molecular complexity index is 906. The van der Waals surface area contributed by atoms with Crippen LogP contribution in [0.2, 0.25) is 0 Å². The van der Waals surface area contributed by atoms with Gasteiger partial charge in [-0.2, -0.15) is 5.10 Å². The molecule has 0 aliphatic carbocycles. The van der Waals surface area contributed by atoms with Gasteiger partial charge in [-0.25, -0.2) is 9.67 Å². The molecule has 1 aromatic carbocycles. The lowest BCUT2D eigenvalue weighted by Gasteiger charge is -2.11. The predicted molar refractivity (Wildman–Crippen MR) is 87.1 cm³/mol. The number of nitrogens with one attached hydrogen (secondary N) is 1. The number of carbonyl (C=O) groups is 1. The Morgan fingerprint density at radius 2 is 2.04 bits per heavy atom. The molecule has 0 fully saturated rings. The molecule has 24 heavy (non-hydrogen) atoms. The standard InChI is InChI=1S/C16H13N5O3/c1-11-12(5-2-7-14(11)21(23)24)16(22)19-13-6-3-8-17-15(13)20-10-4-9-18-20/h2-10H,1H3,(H,19,22). The lowest BCUT2D eigenvalue weighted by atomic mass is 10.1. The highest BCUT2D eigenvalue weighted by atomic mass is 16.6. The van der Waals surface area contributed by atoms with Gasteiger partial charge in [0.25, 0.3) is 11.6 Å². The zero-order valence-electron chi connectivity index (χ0n) is 12.7. The first-order valence-corrected chi connectivity index (χ1v) is 7.08. The van der Waals surface area contributed by atoms with E-state index in [-0.39, 0.29) is 11.3 Å². The average molecular weight is 323 g/mol. The summed E-state index contributed by atoms with van der Waals surface area (Å²) < 4.78 is 1.52. The molecule has 3 rings (SSSR count). The molecule has 0 saturated heterocycles. The smallest absolute Gasteiger partial charge is 0.273 e. The number of carbonyl (C=O) groups excluding carboxylic acids is 1. The van der Waals surface area contributed by atoms with Gasteiger partial charge < -0.3 is 5.32 Å². The maximum Gasteiger partial charge on any atom is 0.273 e. The Morgan fingerprint density at radius 1 is 1.21 bits per heavy atom. The summed E-state index contributed by atoms with van der Waals surface area (Å²) in [6.45, 7) is 1.55. The molecule has 0 atom stereocenters. The summed E-state index contributed by atoms with van der Waals surface area (Å²) in [5.74, 6) is 0.0107. The van der Waals surface area contributed by atoms with Crippen LogP contribution < -0.4 is 5.32 Å². The zero-order chi connectivity index (χ0) is 17.1. The second-order valence-electron chi connectivity index (χ2n) is 4.99. The predicted octanol–water partition coefficient (Wildman–Crippen LogP) is 2.74. The van der Waals surface area contributed by atoms with Crippen LogP contribution in [0.1, 0.15) is 15.9 Å². The van der Waals surface area contributed by atoms with Crippen LogP contribution in [0.5, 0.6) is 0 Å². The van der Waals surface area contributed by atoms with Crippen LogP contribution in [0, 0.1) is 17.0 Å². The number of rotatable bonds is 4. The number of hydrogen-bond donors (Lipinski definition) is 1. The summed E-state index contributed by atoms with van der Waals surface area (Å²) in [6.07, 6.45) is 4.90. The van der Waals surface area contributed by atoms with E-state index in [0.717, 1.165) is 0 Å². The lowest BCUT2D eigenvalue weighted by Crippen LogP contribution is -2.16. The Hall–Kier alpha value is -3.55. The average Bonchev–Trinajstić information content (AvgIpc) is 3.09. The number of hydrogen-bond acceptors (Lipinski definition) is 5. The van der Waals surface area contributed by atoms with Crippen molar-refractivity contribution in [1.82, 2.24) is 14.8 Å². The summed E-state index contributed by atoms with van der Waals surface area (Å²) in [7, 11) is 0. The van der Waals surface area contributed by atoms with Crippen molar-refractivity contribution in [2.75, 3.05) is 5.32 Å². The minimum atomic E-state index is -0.509. The number of nitro groups is 1. The highest BCUT2D eigenvalue weighted by Gasteiger charge is 2.19. The molecule has 8 heteroatoms. The molecule has 3 aromatic rings. The molecular formula is C16H13N5O3. The van der Waals surface area contributed by atoms with Gasteiger partial charge in [0.05, 0.1) is 10.6 Å². The molecular weight excluding hydrogens is 310 g/mol. The molecule has 0 saturated carbocycles. The van der Waals surface area contributed by atoms with Gasteiger partial charge in [0.2, 0.25) is 0 Å². The fourth-order valence-corrected chi connectivity index (χ4v) is 2.33. The first-order chi connectivity index (χ1) is 11.6. The van der Waals surface area contributed by atoms with Crippen molar-refractivity contribution in [2.24, 2.45) is 0 Å². The van der Waals surface area contributed by atoms with Gasteiger partial charge >= 0.3 is 0 Å². The number of aromatic nitrogens is 3. The number of pyridine rings is 1. The van der Waals surface area contributed by atoms with Gasteiger partial charge in [-0.1, -0.05) is 6.07 Å². The highest BCUT2D eigenvalue weighted by molar-refractivity contribution is 6.06. The molecule has 0 radical (unpaired) electrons. The van der Waals surface area contributed by atoms with Crippen molar-refractivity contribution in [1.29, 1.82) is 0 Å². The number of anilines is 1.